The van der Waals surface area contributed by atoms with Crippen molar-refractivity contribution in [3.8, 4) is 5.75 Å². The van der Waals surface area contributed by atoms with E-state index in [9.17, 15) is 13.6 Å². The smallest absolute Gasteiger partial charge is 0.387 e. The minimum atomic E-state index is -2.86. The van der Waals surface area contributed by atoms with Crippen molar-refractivity contribution in [2.75, 3.05) is 32.1 Å². The van der Waals surface area contributed by atoms with E-state index in [1.54, 1.807) is 7.11 Å². The molecule has 0 aliphatic carbocycles. The van der Waals surface area contributed by atoms with Gasteiger partial charge in [0.2, 0.25) is 5.91 Å². The van der Waals surface area contributed by atoms with Gasteiger partial charge >= 0.3 is 6.61 Å². The maximum absolute atomic E-state index is 11.9. The number of nitrogens with one attached hydrogen (secondary N) is 2. The van der Waals surface area contributed by atoms with E-state index in [0.717, 1.165) is 0 Å². The summed E-state index contributed by atoms with van der Waals surface area (Å²) in [6.07, 6.45) is 0. The Balaban J connectivity index is 2.34. The van der Waals surface area contributed by atoms with Crippen LogP contribution in [0.4, 0.5) is 14.5 Å². The fourth-order valence-electron chi connectivity index (χ4n) is 1.30. The topological polar surface area (TPSA) is 59.6 Å². The second kappa shape index (κ2) is 8.39. The first-order valence-corrected chi connectivity index (χ1v) is 5.66. The number of benzene rings is 1. The van der Waals surface area contributed by atoms with Crippen LogP contribution in [-0.2, 0) is 9.53 Å². The van der Waals surface area contributed by atoms with Crippen LogP contribution in [0, 0.1) is 0 Å². The molecule has 1 aromatic rings. The van der Waals surface area contributed by atoms with Crippen LogP contribution in [0.1, 0.15) is 0 Å². The van der Waals surface area contributed by atoms with Crippen LogP contribution in [-0.4, -0.2) is 39.3 Å². The number of rotatable bonds is 8. The normalized spacial score (nSPS) is 10.5. The first-order valence-electron chi connectivity index (χ1n) is 5.66. The molecule has 1 aromatic carbocycles. The number of alkyl halides is 2. The van der Waals surface area contributed by atoms with Gasteiger partial charge in [0.25, 0.3) is 0 Å². The number of carbonyl (C=O) groups excluding carboxylic acids is 1. The van der Waals surface area contributed by atoms with Crippen LogP contribution < -0.4 is 15.4 Å². The molecule has 19 heavy (non-hydrogen) atoms. The van der Waals surface area contributed by atoms with Crippen LogP contribution in [0.5, 0.6) is 5.75 Å². The van der Waals surface area contributed by atoms with Crippen molar-refractivity contribution < 1.29 is 23.0 Å². The molecule has 1 amide bonds. The molecule has 1 rings (SSSR count). The van der Waals surface area contributed by atoms with Crippen LogP contribution in [0.3, 0.4) is 0 Å². The second-order valence-corrected chi connectivity index (χ2v) is 3.62. The highest BCUT2D eigenvalue weighted by Gasteiger charge is 2.05. The van der Waals surface area contributed by atoms with E-state index in [1.807, 2.05) is 0 Å². The quantitative estimate of drug-likeness (QED) is 0.705. The number of halogens is 2. The number of anilines is 1. The summed E-state index contributed by atoms with van der Waals surface area (Å²) in [5.74, 6) is -0.176. The van der Waals surface area contributed by atoms with Crippen LogP contribution in [0.2, 0.25) is 0 Å². The first-order chi connectivity index (χ1) is 9.11. The molecule has 0 bridgehead atoms. The SMILES string of the molecule is COCCNCC(=O)Nc1ccc(OC(F)F)cc1. The molecule has 0 atom stereocenters. The summed E-state index contributed by atoms with van der Waals surface area (Å²) in [6, 6.07) is 5.70. The zero-order valence-corrected chi connectivity index (χ0v) is 10.5. The second-order valence-electron chi connectivity index (χ2n) is 3.62. The summed E-state index contributed by atoms with van der Waals surface area (Å²) in [7, 11) is 1.57. The van der Waals surface area contributed by atoms with Crippen molar-refractivity contribution in [2.45, 2.75) is 6.61 Å². The van der Waals surface area contributed by atoms with Crippen molar-refractivity contribution in [1.82, 2.24) is 5.32 Å². The summed E-state index contributed by atoms with van der Waals surface area (Å²) in [5, 5.41) is 5.50. The Kier molecular flexibility index (Phi) is 6.76. The number of carbonyl (C=O) groups is 1. The monoisotopic (exact) mass is 274 g/mol. The lowest BCUT2D eigenvalue weighted by Gasteiger charge is -2.08. The number of amides is 1. The molecule has 2 N–H and O–H groups in total. The molecule has 0 heterocycles. The Morgan fingerprint density at radius 1 is 1.32 bits per heavy atom. The Labute approximate surface area is 109 Å². The van der Waals surface area contributed by atoms with E-state index < -0.39 is 6.61 Å². The highest BCUT2D eigenvalue weighted by molar-refractivity contribution is 5.92. The zero-order chi connectivity index (χ0) is 14.1. The molecular formula is C12H16F2N2O3. The number of methoxy groups -OCH3 is 1. The van der Waals surface area contributed by atoms with Gasteiger partial charge < -0.3 is 20.1 Å². The fourth-order valence-corrected chi connectivity index (χ4v) is 1.30. The molecule has 106 valence electrons. The Bertz CT molecular complexity index is 385. The van der Waals surface area contributed by atoms with E-state index >= 15 is 0 Å². The van der Waals surface area contributed by atoms with E-state index in [4.69, 9.17) is 4.74 Å². The molecule has 0 saturated heterocycles. The molecule has 0 saturated carbocycles. The Morgan fingerprint density at radius 3 is 2.58 bits per heavy atom. The lowest BCUT2D eigenvalue weighted by Crippen LogP contribution is -2.30. The van der Waals surface area contributed by atoms with Gasteiger partial charge in [-0.25, -0.2) is 0 Å². The van der Waals surface area contributed by atoms with Gasteiger partial charge in [-0.2, -0.15) is 8.78 Å². The molecule has 0 aliphatic heterocycles. The van der Waals surface area contributed by atoms with Gasteiger partial charge in [0.05, 0.1) is 13.2 Å². The van der Waals surface area contributed by atoms with Crippen molar-refractivity contribution >= 4 is 11.6 Å². The highest BCUT2D eigenvalue weighted by Crippen LogP contribution is 2.17. The van der Waals surface area contributed by atoms with Gasteiger partial charge in [0.15, 0.2) is 0 Å². The van der Waals surface area contributed by atoms with E-state index in [0.29, 0.717) is 18.8 Å². The molecule has 5 nitrogen and oxygen atoms in total. The summed E-state index contributed by atoms with van der Waals surface area (Å²) in [6.45, 7) is -1.61. The molecule has 0 radical (unpaired) electrons. The van der Waals surface area contributed by atoms with Crippen molar-refractivity contribution in [1.29, 1.82) is 0 Å². The van der Waals surface area contributed by atoms with Crippen molar-refractivity contribution in [2.24, 2.45) is 0 Å². The molecule has 0 fully saturated rings. The third-order valence-electron chi connectivity index (χ3n) is 2.13. The van der Waals surface area contributed by atoms with Crippen molar-refractivity contribution in [3.63, 3.8) is 0 Å². The predicted molar refractivity (Wildman–Crippen MR) is 66.4 cm³/mol. The minimum absolute atomic E-state index is 0.0474. The van der Waals surface area contributed by atoms with Crippen LogP contribution in [0.15, 0.2) is 24.3 Å². The zero-order valence-electron chi connectivity index (χ0n) is 10.5. The van der Waals surface area contributed by atoms with Gasteiger partial charge in [-0.05, 0) is 24.3 Å². The summed E-state index contributed by atoms with van der Waals surface area (Å²) >= 11 is 0. The average molecular weight is 274 g/mol. The standard InChI is InChI=1S/C12H16F2N2O3/c1-18-7-6-15-8-11(17)16-9-2-4-10(5-3-9)19-12(13)14/h2-5,12,15H,6-8H2,1H3,(H,16,17). The summed E-state index contributed by atoms with van der Waals surface area (Å²) < 4.78 is 32.9. The van der Waals surface area contributed by atoms with Gasteiger partial charge in [-0.3, -0.25) is 4.79 Å². The van der Waals surface area contributed by atoms with E-state index in [2.05, 4.69) is 15.4 Å². The minimum Gasteiger partial charge on any atom is -0.435 e. The van der Waals surface area contributed by atoms with Crippen LogP contribution >= 0.6 is 0 Å². The number of hydrogen-bond acceptors (Lipinski definition) is 4. The van der Waals surface area contributed by atoms with Gasteiger partial charge in [-0.1, -0.05) is 0 Å². The predicted octanol–water partition coefficient (Wildman–Crippen LogP) is 1.46. The van der Waals surface area contributed by atoms with Gasteiger partial charge in [0, 0.05) is 19.3 Å². The fraction of sp³-hybridized carbons (Fsp3) is 0.417. The molecule has 0 unspecified atom stereocenters. The number of ether oxygens (including phenoxy) is 2. The van der Waals surface area contributed by atoms with Gasteiger partial charge in [0.1, 0.15) is 5.75 Å². The molecular weight excluding hydrogens is 258 g/mol. The lowest BCUT2D eigenvalue weighted by molar-refractivity contribution is -0.115. The largest absolute Gasteiger partial charge is 0.435 e. The van der Waals surface area contributed by atoms with Gasteiger partial charge in [-0.15, -0.1) is 0 Å². The maximum atomic E-state index is 11.9. The molecule has 0 spiro atoms. The lowest BCUT2D eigenvalue weighted by atomic mass is 10.3. The Morgan fingerprint density at radius 2 is 2.00 bits per heavy atom. The van der Waals surface area contributed by atoms with Crippen molar-refractivity contribution in [3.05, 3.63) is 24.3 Å². The average Bonchev–Trinajstić information content (AvgIpc) is 2.36. The Hall–Kier alpha value is -1.73. The first kappa shape index (κ1) is 15.3. The third-order valence-corrected chi connectivity index (χ3v) is 2.13. The van der Waals surface area contributed by atoms with E-state index in [1.165, 1.54) is 24.3 Å². The summed E-state index contributed by atoms with van der Waals surface area (Å²) in [4.78, 5) is 11.5. The maximum Gasteiger partial charge on any atom is 0.387 e. The molecule has 0 aromatic heterocycles. The number of hydrogen-bond donors (Lipinski definition) is 2. The highest BCUT2D eigenvalue weighted by atomic mass is 19.3. The molecule has 7 heteroatoms. The van der Waals surface area contributed by atoms with Crippen LogP contribution in [0.25, 0.3) is 0 Å². The third kappa shape index (κ3) is 6.68. The molecule has 0 aliphatic rings. The van der Waals surface area contributed by atoms with E-state index in [-0.39, 0.29) is 18.2 Å². The summed E-state index contributed by atoms with van der Waals surface area (Å²) in [5.41, 5.74) is 0.514.